The van der Waals surface area contributed by atoms with Crippen molar-refractivity contribution in [2.45, 2.75) is 12.6 Å². The average molecular weight is 274 g/mol. The van der Waals surface area contributed by atoms with Gasteiger partial charge in [0.05, 0.1) is 12.1 Å². The molecule has 106 valence electrons. The van der Waals surface area contributed by atoms with Crippen molar-refractivity contribution in [3.8, 4) is 0 Å². The van der Waals surface area contributed by atoms with Crippen LogP contribution < -0.4 is 5.32 Å². The molecule has 0 aromatic carbocycles. The number of carbonyl (C=O) groups excluding carboxylic acids is 1. The molecule has 1 aliphatic heterocycles. The van der Waals surface area contributed by atoms with Crippen molar-refractivity contribution in [3.05, 3.63) is 36.2 Å². The summed E-state index contributed by atoms with van der Waals surface area (Å²) in [6.45, 7) is 2.60. The first-order valence-corrected chi connectivity index (χ1v) is 6.73. The lowest BCUT2D eigenvalue weighted by atomic mass is 10.2. The van der Waals surface area contributed by atoms with Gasteiger partial charge in [0.25, 0.3) is 5.91 Å². The number of rotatable bonds is 3. The number of morpholine rings is 1. The third-order valence-electron chi connectivity index (χ3n) is 3.54. The lowest BCUT2D eigenvalue weighted by Crippen LogP contribution is -2.48. The van der Waals surface area contributed by atoms with E-state index in [-0.39, 0.29) is 12.0 Å². The molecule has 1 fully saturated rings. The number of nitrogens with one attached hydrogen (secondary N) is 1. The molecule has 20 heavy (non-hydrogen) atoms. The Morgan fingerprint density at radius 1 is 1.55 bits per heavy atom. The fourth-order valence-electron chi connectivity index (χ4n) is 2.40. The number of aromatic nitrogens is 2. The second-order valence-corrected chi connectivity index (χ2v) is 5.03. The van der Waals surface area contributed by atoms with Crippen LogP contribution in [-0.4, -0.2) is 53.3 Å². The van der Waals surface area contributed by atoms with Crippen LogP contribution in [0.5, 0.6) is 0 Å². The molecule has 0 saturated carbocycles. The normalized spacial score (nSPS) is 20.1. The smallest absolute Gasteiger partial charge is 0.250 e. The number of hydrogen-bond donors (Lipinski definition) is 1. The number of pyridine rings is 1. The summed E-state index contributed by atoms with van der Waals surface area (Å²) in [5, 5.41) is 7.12. The molecule has 0 radical (unpaired) electrons. The molecule has 1 amide bonds. The van der Waals surface area contributed by atoms with Gasteiger partial charge >= 0.3 is 0 Å². The van der Waals surface area contributed by atoms with Crippen molar-refractivity contribution in [1.82, 2.24) is 19.8 Å². The molecule has 1 atom stereocenters. The molecular formula is C14H18N4O2. The maximum atomic E-state index is 12.1. The molecular weight excluding hydrogens is 256 g/mol. The Morgan fingerprint density at radius 3 is 3.30 bits per heavy atom. The summed E-state index contributed by atoms with van der Waals surface area (Å²) in [5.41, 5.74) is 2.05. The first kappa shape index (κ1) is 13.1. The van der Waals surface area contributed by atoms with Crippen molar-refractivity contribution in [2.75, 3.05) is 26.7 Å². The highest BCUT2D eigenvalue weighted by atomic mass is 16.5. The monoisotopic (exact) mass is 274 g/mol. The Balaban J connectivity index is 1.64. The Labute approximate surface area is 117 Å². The van der Waals surface area contributed by atoms with Gasteiger partial charge in [0.15, 0.2) is 0 Å². The third-order valence-corrected chi connectivity index (χ3v) is 3.54. The SMILES string of the molecule is CN1CCOC(C(=O)NCc2cccn3nccc23)C1. The molecule has 1 saturated heterocycles. The van der Waals surface area contributed by atoms with E-state index in [0.29, 0.717) is 19.7 Å². The molecule has 2 aromatic heterocycles. The van der Waals surface area contributed by atoms with E-state index >= 15 is 0 Å². The predicted molar refractivity (Wildman–Crippen MR) is 74.3 cm³/mol. The second kappa shape index (κ2) is 5.60. The molecule has 3 heterocycles. The van der Waals surface area contributed by atoms with Gasteiger partial charge < -0.3 is 15.0 Å². The van der Waals surface area contributed by atoms with Gasteiger partial charge in [-0.1, -0.05) is 6.07 Å². The summed E-state index contributed by atoms with van der Waals surface area (Å²) in [7, 11) is 2.00. The number of likely N-dealkylation sites (N-methyl/N-ethyl adjacent to an activating group) is 1. The van der Waals surface area contributed by atoms with Crippen LogP contribution in [0.2, 0.25) is 0 Å². The standard InChI is InChI=1S/C14H18N4O2/c1-17-7-8-20-13(10-17)14(19)15-9-11-3-2-6-18-12(11)4-5-16-18/h2-6,13H,7-10H2,1H3,(H,15,19). The van der Waals surface area contributed by atoms with Gasteiger partial charge in [0.2, 0.25) is 0 Å². The lowest BCUT2D eigenvalue weighted by molar-refractivity contribution is -0.137. The summed E-state index contributed by atoms with van der Waals surface area (Å²) in [6.07, 6.45) is 3.26. The number of hydrogen-bond acceptors (Lipinski definition) is 4. The van der Waals surface area contributed by atoms with E-state index in [1.54, 1.807) is 10.7 Å². The van der Waals surface area contributed by atoms with Crippen LogP contribution in [0.25, 0.3) is 5.52 Å². The number of fused-ring (bicyclic) bond motifs is 1. The Hall–Kier alpha value is -1.92. The van der Waals surface area contributed by atoms with E-state index in [4.69, 9.17) is 4.74 Å². The van der Waals surface area contributed by atoms with Crippen molar-refractivity contribution < 1.29 is 9.53 Å². The highest BCUT2D eigenvalue weighted by molar-refractivity contribution is 5.81. The van der Waals surface area contributed by atoms with E-state index in [9.17, 15) is 4.79 Å². The van der Waals surface area contributed by atoms with Crippen LogP contribution in [-0.2, 0) is 16.1 Å². The van der Waals surface area contributed by atoms with Gasteiger partial charge in [0.1, 0.15) is 6.10 Å². The Bertz CT molecular complexity index is 610. The van der Waals surface area contributed by atoms with Crippen LogP contribution >= 0.6 is 0 Å². The maximum Gasteiger partial charge on any atom is 0.250 e. The van der Waals surface area contributed by atoms with Crippen molar-refractivity contribution in [2.24, 2.45) is 0 Å². The summed E-state index contributed by atoms with van der Waals surface area (Å²) < 4.78 is 7.30. The molecule has 0 bridgehead atoms. The van der Waals surface area contributed by atoms with Crippen LogP contribution in [0.15, 0.2) is 30.6 Å². The first-order valence-electron chi connectivity index (χ1n) is 6.73. The van der Waals surface area contributed by atoms with E-state index in [2.05, 4.69) is 15.3 Å². The number of carbonyl (C=O) groups is 1. The fraction of sp³-hybridized carbons (Fsp3) is 0.429. The van der Waals surface area contributed by atoms with Gasteiger partial charge in [-0.3, -0.25) is 4.79 Å². The third kappa shape index (κ3) is 2.66. The molecule has 3 rings (SSSR count). The van der Waals surface area contributed by atoms with Gasteiger partial charge in [-0.15, -0.1) is 0 Å². The minimum absolute atomic E-state index is 0.0573. The number of nitrogens with zero attached hydrogens (tertiary/aromatic N) is 3. The van der Waals surface area contributed by atoms with Crippen LogP contribution in [0.1, 0.15) is 5.56 Å². The van der Waals surface area contributed by atoms with Crippen molar-refractivity contribution in [1.29, 1.82) is 0 Å². The fourth-order valence-corrected chi connectivity index (χ4v) is 2.40. The van der Waals surface area contributed by atoms with Crippen LogP contribution in [0.3, 0.4) is 0 Å². The summed E-state index contributed by atoms with van der Waals surface area (Å²) in [5.74, 6) is -0.0573. The van der Waals surface area contributed by atoms with E-state index in [1.807, 2.05) is 31.4 Å². The summed E-state index contributed by atoms with van der Waals surface area (Å²) in [4.78, 5) is 14.2. The maximum absolute atomic E-state index is 12.1. The highest BCUT2D eigenvalue weighted by Gasteiger charge is 2.24. The molecule has 1 unspecified atom stereocenters. The Kier molecular flexibility index (Phi) is 3.66. The van der Waals surface area contributed by atoms with Gasteiger partial charge in [-0.2, -0.15) is 5.10 Å². The highest BCUT2D eigenvalue weighted by Crippen LogP contribution is 2.10. The molecule has 2 aromatic rings. The van der Waals surface area contributed by atoms with E-state index in [0.717, 1.165) is 17.6 Å². The topological polar surface area (TPSA) is 58.9 Å². The number of ether oxygens (including phenoxy) is 1. The van der Waals surface area contributed by atoms with Gasteiger partial charge in [-0.25, -0.2) is 4.52 Å². The van der Waals surface area contributed by atoms with Gasteiger partial charge in [0, 0.05) is 32.0 Å². The number of amides is 1. The zero-order valence-corrected chi connectivity index (χ0v) is 11.5. The van der Waals surface area contributed by atoms with Gasteiger partial charge in [-0.05, 0) is 24.7 Å². The zero-order valence-electron chi connectivity index (χ0n) is 11.5. The molecule has 0 spiro atoms. The molecule has 6 heteroatoms. The Morgan fingerprint density at radius 2 is 2.45 bits per heavy atom. The largest absolute Gasteiger partial charge is 0.366 e. The zero-order chi connectivity index (χ0) is 13.9. The quantitative estimate of drug-likeness (QED) is 0.873. The molecule has 6 nitrogen and oxygen atoms in total. The lowest BCUT2D eigenvalue weighted by Gasteiger charge is -2.29. The van der Waals surface area contributed by atoms with E-state index < -0.39 is 0 Å². The van der Waals surface area contributed by atoms with E-state index in [1.165, 1.54) is 0 Å². The summed E-state index contributed by atoms with van der Waals surface area (Å²) >= 11 is 0. The first-order chi connectivity index (χ1) is 9.74. The van der Waals surface area contributed by atoms with Crippen molar-refractivity contribution in [3.63, 3.8) is 0 Å². The van der Waals surface area contributed by atoms with Crippen LogP contribution in [0, 0.1) is 0 Å². The second-order valence-electron chi connectivity index (χ2n) is 5.03. The molecule has 1 aliphatic rings. The summed E-state index contributed by atoms with van der Waals surface area (Å²) in [6, 6.07) is 5.85. The minimum atomic E-state index is -0.376. The van der Waals surface area contributed by atoms with Crippen LogP contribution in [0.4, 0.5) is 0 Å². The molecule has 1 N–H and O–H groups in total. The predicted octanol–water partition coefficient (Wildman–Crippen LogP) is 0.281. The van der Waals surface area contributed by atoms with Crippen molar-refractivity contribution >= 4 is 11.4 Å². The molecule has 0 aliphatic carbocycles. The minimum Gasteiger partial charge on any atom is -0.366 e. The average Bonchev–Trinajstić information content (AvgIpc) is 2.93.